The second kappa shape index (κ2) is 8.72. The van der Waals surface area contributed by atoms with Gasteiger partial charge in [0.2, 0.25) is 0 Å². The van der Waals surface area contributed by atoms with Crippen LogP contribution in [0, 0.1) is 22.7 Å². The fourth-order valence-electron chi connectivity index (χ4n) is 6.25. The lowest BCUT2D eigenvalue weighted by atomic mass is 9.70. The predicted molar refractivity (Wildman–Crippen MR) is 123 cm³/mol. The van der Waals surface area contributed by atoms with Crippen LogP contribution in [0.4, 0.5) is 0 Å². The van der Waals surface area contributed by atoms with Gasteiger partial charge in [-0.3, -0.25) is 9.59 Å². The van der Waals surface area contributed by atoms with Crippen LogP contribution in [0.15, 0.2) is 24.3 Å². The number of carbonyl (C=O) groups excluding carboxylic acids is 2. The molecule has 2 aliphatic carbocycles. The molecule has 166 valence electrons. The van der Waals surface area contributed by atoms with E-state index in [0.717, 1.165) is 25.7 Å². The summed E-state index contributed by atoms with van der Waals surface area (Å²) in [6.45, 7) is 13.6. The highest BCUT2D eigenvalue weighted by Crippen LogP contribution is 2.39. The molecule has 0 radical (unpaired) electrons. The number of hydrogen-bond donors (Lipinski definition) is 2. The van der Waals surface area contributed by atoms with Crippen LogP contribution in [-0.4, -0.2) is 23.9 Å². The number of hydrogen-bond acceptors (Lipinski definition) is 2. The van der Waals surface area contributed by atoms with Crippen molar-refractivity contribution in [2.24, 2.45) is 22.7 Å². The number of benzene rings is 1. The van der Waals surface area contributed by atoms with E-state index < -0.39 is 0 Å². The molecule has 1 aromatic carbocycles. The van der Waals surface area contributed by atoms with E-state index in [4.69, 9.17) is 0 Å². The minimum Gasteiger partial charge on any atom is -0.349 e. The van der Waals surface area contributed by atoms with Crippen molar-refractivity contribution in [1.82, 2.24) is 10.6 Å². The van der Waals surface area contributed by atoms with Crippen LogP contribution >= 0.6 is 0 Å². The molecule has 2 N–H and O–H groups in total. The van der Waals surface area contributed by atoms with E-state index >= 15 is 0 Å². The van der Waals surface area contributed by atoms with E-state index in [-0.39, 0.29) is 34.7 Å². The van der Waals surface area contributed by atoms with Gasteiger partial charge in [0.05, 0.1) is 0 Å². The first-order valence-electron chi connectivity index (χ1n) is 11.6. The molecule has 0 heterocycles. The normalized spacial score (nSPS) is 30.3. The number of rotatable bonds is 4. The summed E-state index contributed by atoms with van der Waals surface area (Å²) in [6, 6.07) is 7.54. The number of nitrogens with one attached hydrogen (secondary N) is 2. The predicted octanol–water partition coefficient (Wildman–Crippen LogP) is 5.58. The summed E-state index contributed by atoms with van der Waals surface area (Å²) in [5.74, 6) is 1.07. The molecule has 4 heteroatoms. The summed E-state index contributed by atoms with van der Waals surface area (Å²) in [5, 5.41) is 6.43. The van der Waals surface area contributed by atoms with Crippen LogP contribution in [-0.2, 0) is 0 Å². The Bertz CT molecular complexity index is 722. The summed E-state index contributed by atoms with van der Waals surface area (Å²) in [7, 11) is 0. The van der Waals surface area contributed by atoms with Gasteiger partial charge in [-0.15, -0.1) is 0 Å². The number of amides is 2. The lowest BCUT2D eigenvalue weighted by Crippen LogP contribution is -2.43. The highest BCUT2D eigenvalue weighted by molar-refractivity contribution is 5.99. The van der Waals surface area contributed by atoms with Crippen molar-refractivity contribution in [2.45, 2.75) is 92.2 Å². The van der Waals surface area contributed by atoms with E-state index in [1.807, 2.05) is 6.07 Å². The largest absolute Gasteiger partial charge is 0.349 e. The molecule has 0 saturated heterocycles. The van der Waals surface area contributed by atoms with Crippen LogP contribution in [0.1, 0.15) is 101 Å². The summed E-state index contributed by atoms with van der Waals surface area (Å²) < 4.78 is 0. The van der Waals surface area contributed by atoms with Gasteiger partial charge in [-0.25, -0.2) is 0 Å². The Morgan fingerprint density at radius 1 is 0.767 bits per heavy atom. The smallest absolute Gasteiger partial charge is 0.251 e. The molecule has 0 aromatic heterocycles. The van der Waals surface area contributed by atoms with Gasteiger partial charge in [-0.2, -0.15) is 0 Å². The Kier molecular flexibility index (Phi) is 6.64. The van der Waals surface area contributed by atoms with Gasteiger partial charge >= 0.3 is 0 Å². The summed E-state index contributed by atoms with van der Waals surface area (Å²) >= 11 is 0. The van der Waals surface area contributed by atoms with Crippen molar-refractivity contribution >= 4 is 11.8 Å². The molecule has 0 aliphatic heterocycles. The molecule has 4 atom stereocenters. The Balaban J connectivity index is 1.64. The minimum absolute atomic E-state index is 0.0769. The Hall–Kier alpha value is -1.84. The maximum Gasteiger partial charge on any atom is 0.251 e. The monoisotopic (exact) mass is 412 g/mol. The molecule has 2 amide bonds. The van der Waals surface area contributed by atoms with Crippen molar-refractivity contribution in [3.63, 3.8) is 0 Å². The topological polar surface area (TPSA) is 58.2 Å². The molecule has 1 aromatic rings. The molecule has 0 unspecified atom stereocenters. The van der Waals surface area contributed by atoms with Gasteiger partial charge in [0.15, 0.2) is 0 Å². The van der Waals surface area contributed by atoms with Crippen molar-refractivity contribution in [3.05, 3.63) is 35.4 Å². The standard InChI is InChI=1S/C26H40N2O2/c1-17-10-21(15-25(3,4)13-17)27-23(29)19-8-7-9-20(12-19)24(30)28-22-11-18(2)14-26(5,6)16-22/h7-9,12,17-18,21-22H,10-11,13-16H2,1-6H3,(H,27,29)(H,28,30)/t17-,18+,21+,22-. The molecular formula is C26H40N2O2. The maximum atomic E-state index is 12.9. The van der Waals surface area contributed by atoms with E-state index in [1.165, 1.54) is 12.8 Å². The minimum atomic E-state index is -0.0769. The molecule has 30 heavy (non-hydrogen) atoms. The third-order valence-corrected chi connectivity index (χ3v) is 6.83. The third kappa shape index (κ3) is 6.09. The summed E-state index contributed by atoms with van der Waals surface area (Å²) in [6.07, 6.45) is 6.44. The van der Waals surface area contributed by atoms with E-state index in [9.17, 15) is 9.59 Å². The van der Waals surface area contributed by atoms with E-state index in [0.29, 0.717) is 23.0 Å². The fourth-order valence-corrected chi connectivity index (χ4v) is 6.25. The van der Waals surface area contributed by atoms with Gasteiger partial charge in [0.1, 0.15) is 0 Å². The van der Waals surface area contributed by atoms with Crippen molar-refractivity contribution in [1.29, 1.82) is 0 Å². The quantitative estimate of drug-likeness (QED) is 0.678. The second-order valence-electron chi connectivity index (χ2n) is 11.7. The highest BCUT2D eigenvalue weighted by Gasteiger charge is 2.34. The first-order valence-corrected chi connectivity index (χ1v) is 11.6. The fraction of sp³-hybridized carbons (Fsp3) is 0.692. The second-order valence-corrected chi connectivity index (χ2v) is 11.7. The molecule has 2 saturated carbocycles. The van der Waals surface area contributed by atoms with Crippen LogP contribution in [0.2, 0.25) is 0 Å². The average molecular weight is 413 g/mol. The first kappa shape index (κ1) is 22.8. The van der Waals surface area contributed by atoms with E-state index in [1.54, 1.807) is 18.2 Å². The van der Waals surface area contributed by atoms with Gasteiger partial charge in [0.25, 0.3) is 11.8 Å². The Morgan fingerprint density at radius 2 is 1.17 bits per heavy atom. The summed E-state index contributed by atoms with van der Waals surface area (Å²) in [5.41, 5.74) is 1.64. The first-order chi connectivity index (χ1) is 13.9. The van der Waals surface area contributed by atoms with Gasteiger partial charge in [0, 0.05) is 23.2 Å². The summed E-state index contributed by atoms with van der Waals surface area (Å²) in [4.78, 5) is 25.8. The average Bonchev–Trinajstić information content (AvgIpc) is 2.58. The number of carbonyl (C=O) groups is 2. The third-order valence-electron chi connectivity index (χ3n) is 6.83. The Morgan fingerprint density at radius 3 is 1.53 bits per heavy atom. The lowest BCUT2D eigenvalue weighted by molar-refractivity contribution is 0.0871. The van der Waals surface area contributed by atoms with Gasteiger partial charge in [-0.05, 0) is 79.4 Å². The lowest BCUT2D eigenvalue weighted by Gasteiger charge is -2.39. The van der Waals surface area contributed by atoms with Crippen LogP contribution in [0.5, 0.6) is 0 Å². The van der Waals surface area contributed by atoms with Crippen molar-refractivity contribution in [2.75, 3.05) is 0 Å². The molecule has 0 spiro atoms. The van der Waals surface area contributed by atoms with Gasteiger partial charge < -0.3 is 10.6 Å². The van der Waals surface area contributed by atoms with Crippen molar-refractivity contribution in [3.8, 4) is 0 Å². The zero-order valence-corrected chi connectivity index (χ0v) is 19.7. The van der Waals surface area contributed by atoms with Crippen LogP contribution in [0.25, 0.3) is 0 Å². The molecular weight excluding hydrogens is 372 g/mol. The van der Waals surface area contributed by atoms with Crippen molar-refractivity contribution < 1.29 is 9.59 Å². The van der Waals surface area contributed by atoms with Crippen LogP contribution in [0.3, 0.4) is 0 Å². The zero-order valence-electron chi connectivity index (χ0n) is 19.7. The van der Waals surface area contributed by atoms with Gasteiger partial charge in [-0.1, -0.05) is 47.6 Å². The SMILES string of the molecule is C[C@@H]1C[C@H](NC(=O)c2cccc(C(=O)N[C@@H]3C[C@H](C)CC(C)(C)C3)c2)CC(C)(C)C1. The molecule has 4 nitrogen and oxygen atoms in total. The molecule has 3 rings (SSSR count). The molecule has 2 fully saturated rings. The van der Waals surface area contributed by atoms with Crippen LogP contribution < -0.4 is 10.6 Å². The Labute approximate surface area is 182 Å². The zero-order chi connectivity index (χ0) is 22.1. The highest BCUT2D eigenvalue weighted by atomic mass is 16.2. The molecule has 2 aliphatic rings. The maximum absolute atomic E-state index is 12.9. The molecule has 0 bridgehead atoms. The van der Waals surface area contributed by atoms with E-state index in [2.05, 4.69) is 52.2 Å².